The molecule has 0 spiro atoms. The van der Waals surface area contributed by atoms with Gasteiger partial charge in [0.2, 0.25) is 0 Å². The topological polar surface area (TPSA) is 37.4 Å². The Balaban J connectivity index is 1.69. The van der Waals surface area contributed by atoms with Crippen molar-refractivity contribution in [3.8, 4) is 0 Å². The summed E-state index contributed by atoms with van der Waals surface area (Å²) in [6, 6.07) is 6.69. The van der Waals surface area contributed by atoms with E-state index in [1.54, 1.807) is 0 Å². The van der Waals surface area contributed by atoms with Crippen LogP contribution in [-0.2, 0) is 11.3 Å². The number of nitrogens with one attached hydrogen (secondary N) is 1. The maximum Gasteiger partial charge on any atom is 0.0700 e. The van der Waals surface area contributed by atoms with E-state index in [1.165, 1.54) is 12.8 Å². The SMILES string of the molecule is Cc1cccc(CN(C)C(C)CNCC2CCCO2)n1. The molecule has 1 saturated heterocycles. The van der Waals surface area contributed by atoms with Gasteiger partial charge in [-0.25, -0.2) is 0 Å². The molecule has 2 rings (SSSR count). The van der Waals surface area contributed by atoms with Crippen LogP contribution in [0.4, 0.5) is 0 Å². The van der Waals surface area contributed by atoms with E-state index >= 15 is 0 Å². The Bertz CT molecular complexity index is 404. The fourth-order valence-corrected chi connectivity index (χ4v) is 2.51. The monoisotopic (exact) mass is 277 g/mol. The molecule has 2 unspecified atom stereocenters. The van der Waals surface area contributed by atoms with Gasteiger partial charge in [-0.15, -0.1) is 0 Å². The average molecular weight is 277 g/mol. The van der Waals surface area contributed by atoms with Gasteiger partial charge >= 0.3 is 0 Å². The van der Waals surface area contributed by atoms with Gasteiger partial charge in [0.15, 0.2) is 0 Å². The third-order valence-electron chi connectivity index (χ3n) is 3.95. The second-order valence-corrected chi connectivity index (χ2v) is 5.83. The van der Waals surface area contributed by atoms with Crippen LogP contribution in [0.3, 0.4) is 0 Å². The number of hydrogen-bond donors (Lipinski definition) is 1. The molecule has 0 aromatic carbocycles. The molecule has 1 aliphatic rings. The molecule has 1 fully saturated rings. The zero-order valence-electron chi connectivity index (χ0n) is 12.9. The normalized spacial score (nSPS) is 20.5. The van der Waals surface area contributed by atoms with E-state index in [1.807, 2.05) is 13.0 Å². The van der Waals surface area contributed by atoms with Gasteiger partial charge in [0.25, 0.3) is 0 Å². The minimum atomic E-state index is 0.422. The van der Waals surface area contributed by atoms with Gasteiger partial charge in [0.1, 0.15) is 0 Å². The molecule has 0 aliphatic carbocycles. The summed E-state index contributed by atoms with van der Waals surface area (Å²) in [5.41, 5.74) is 2.22. The fraction of sp³-hybridized carbons (Fsp3) is 0.688. The van der Waals surface area contributed by atoms with Crippen LogP contribution in [-0.4, -0.2) is 48.8 Å². The maximum absolute atomic E-state index is 5.62. The first-order chi connectivity index (χ1) is 9.65. The van der Waals surface area contributed by atoms with Gasteiger partial charge in [-0.1, -0.05) is 6.07 Å². The van der Waals surface area contributed by atoms with Crippen LogP contribution < -0.4 is 5.32 Å². The van der Waals surface area contributed by atoms with Crippen LogP contribution in [0.5, 0.6) is 0 Å². The molecule has 2 heterocycles. The minimum Gasteiger partial charge on any atom is -0.377 e. The number of nitrogens with zero attached hydrogens (tertiary/aromatic N) is 2. The van der Waals surface area contributed by atoms with Crippen molar-refractivity contribution in [2.75, 3.05) is 26.7 Å². The van der Waals surface area contributed by atoms with E-state index in [0.717, 1.165) is 37.6 Å². The average Bonchev–Trinajstić information content (AvgIpc) is 2.91. The third-order valence-corrected chi connectivity index (χ3v) is 3.95. The highest BCUT2D eigenvalue weighted by molar-refractivity contribution is 5.09. The molecule has 4 nitrogen and oxygen atoms in total. The Hall–Kier alpha value is -0.970. The van der Waals surface area contributed by atoms with Crippen molar-refractivity contribution in [3.05, 3.63) is 29.6 Å². The lowest BCUT2D eigenvalue weighted by Gasteiger charge is -2.25. The van der Waals surface area contributed by atoms with E-state index in [2.05, 4.69) is 41.3 Å². The molecule has 20 heavy (non-hydrogen) atoms. The Morgan fingerprint density at radius 2 is 2.35 bits per heavy atom. The number of hydrogen-bond acceptors (Lipinski definition) is 4. The van der Waals surface area contributed by atoms with Gasteiger partial charge in [-0.2, -0.15) is 0 Å². The molecule has 1 aliphatic heterocycles. The summed E-state index contributed by atoms with van der Waals surface area (Å²) >= 11 is 0. The number of pyridine rings is 1. The molecular formula is C16H27N3O. The van der Waals surface area contributed by atoms with Gasteiger partial charge in [0, 0.05) is 38.0 Å². The smallest absolute Gasteiger partial charge is 0.0700 e. The number of aromatic nitrogens is 1. The zero-order valence-corrected chi connectivity index (χ0v) is 12.9. The molecule has 0 radical (unpaired) electrons. The van der Waals surface area contributed by atoms with Crippen molar-refractivity contribution < 1.29 is 4.74 Å². The van der Waals surface area contributed by atoms with E-state index in [4.69, 9.17) is 4.74 Å². The molecule has 112 valence electrons. The summed E-state index contributed by atoms with van der Waals surface area (Å²) < 4.78 is 5.62. The highest BCUT2D eigenvalue weighted by atomic mass is 16.5. The van der Waals surface area contributed by atoms with Crippen molar-refractivity contribution in [2.45, 2.75) is 45.4 Å². The molecule has 0 saturated carbocycles. The molecule has 1 N–H and O–H groups in total. The highest BCUT2D eigenvalue weighted by Crippen LogP contribution is 2.10. The number of ether oxygens (including phenoxy) is 1. The number of aryl methyl sites for hydroxylation is 1. The maximum atomic E-state index is 5.62. The Morgan fingerprint density at radius 3 is 3.05 bits per heavy atom. The lowest BCUT2D eigenvalue weighted by Crippen LogP contribution is -2.40. The van der Waals surface area contributed by atoms with Gasteiger partial charge in [-0.3, -0.25) is 9.88 Å². The summed E-state index contributed by atoms with van der Waals surface area (Å²) in [6.45, 7) is 8.07. The predicted octanol–water partition coefficient (Wildman–Crippen LogP) is 1.98. The third kappa shape index (κ3) is 4.85. The van der Waals surface area contributed by atoms with Crippen molar-refractivity contribution in [3.63, 3.8) is 0 Å². The van der Waals surface area contributed by atoms with Crippen LogP contribution in [0.1, 0.15) is 31.2 Å². The zero-order chi connectivity index (χ0) is 14.4. The molecule has 1 aromatic rings. The molecule has 2 atom stereocenters. The van der Waals surface area contributed by atoms with Crippen LogP contribution in [0.25, 0.3) is 0 Å². The van der Waals surface area contributed by atoms with Crippen molar-refractivity contribution in [1.29, 1.82) is 0 Å². The molecular weight excluding hydrogens is 250 g/mol. The van der Waals surface area contributed by atoms with Crippen LogP contribution in [0, 0.1) is 6.92 Å². The Kier molecular flexibility index (Phi) is 5.95. The van der Waals surface area contributed by atoms with E-state index in [9.17, 15) is 0 Å². The summed E-state index contributed by atoms with van der Waals surface area (Å²) in [4.78, 5) is 6.89. The van der Waals surface area contributed by atoms with Gasteiger partial charge in [0.05, 0.1) is 11.8 Å². The minimum absolute atomic E-state index is 0.422. The van der Waals surface area contributed by atoms with E-state index < -0.39 is 0 Å². The summed E-state index contributed by atoms with van der Waals surface area (Å²) in [5.74, 6) is 0. The highest BCUT2D eigenvalue weighted by Gasteiger charge is 2.16. The summed E-state index contributed by atoms with van der Waals surface area (Å²) in [6.07, 6.45) is 2.83. The van der Waals surface area contributed by atoms with Crippen LogP contribution in [0.2, 0.25) is 0 Å². The van der Waals surface area contributed by atoms with Gasteiger partial charge in [-0.05, 0) is 45.9 Å². The Morgan fingerprint density at radius 1 is 1.50 bits per heavy atom. The Labute approximate surface area is 122 Å². The number of rotatable bonds is 7. The molecule has 4 heteroatoms. The number of likely N-dealkylation sites (N-methyl/N-ethyl adjacent to an activating group) is 1. The second kappa shape index (κ2) is 7.72. The largest absolute Gasteiger partial charge is 0.377 e. The first-order valence-electron chi connectivity index (χ1n) is 7.60. The summed E-state index contributed by atoms with van der Waals surface area (Å²) in [7, 11) is 2.16. The van der Waals surface area contributed by atoms with Crippen LogP contribution >= 0.6 is 0 Å². The predicted molar refractivity (Wildman–Crippen MR) is 81.7 cm³/mol. The van der Waals surface area contributed by atoms with E-state index in [-0.39, 0.29) is 0 Å². The van der Waals surface area contributed by atoms with E-state index in [0.29, 0.717) is 12.1 Å². The molecule has 0 amide bonds. The van der Waals surface area contributed by atoms with Crippen molar-refractivity contribution in [1.82, 2.24) is 15.2 Å². The standard InChI is InChI=1S/C16H27N3O/c1-13-6-4-7-15(18-13)12-19(3)14(2)10-17-11-16-8-5-9-20-16/h4,6-7,14,16-17H,5,8-12H2,1-3H3. The van der Waals surface area contributed by atoms with Crippen LogP contribution in [0.15, 0.2) is 18.2 Å². The van der Waals surface area contributed by atoms with Crippen molar-refractivity contribution >= 4 is 0 Å². The molecule has 1 aromatic heterocycles. The first kappa shape index (κ1) is 15.4. The second-order valence-electron chi connectivity index (χ2n) is 5.83. The fourth-order valence-electron chi connectivity index (χ4n) is 2.51. The molecule has 0 bridgehead atoms. The lowest BCUT2D eigenvalue weighted by molar-refractivity contribution is 0.108. The quantitative estimate of drug-likeness (QED) is 0.827. The van der Waals surface area contributed by atoms with Gasteiger partial charge < -0.3 is 10.1 Å². The summed E-state index contributed by atoms with van der Waals surface area (Å²) in [5, 5.41) is 3.52. The lowest BCUT2D eigenvalue weighted by atomic mass is 10.2. The first-order valence-corrected chi connectivity index (χ1v) is 7.60. The van der Waals surface area contributed by atoms with Crippen molar-refractivity contribution in [2.24, 2.45) is 0 Å².